The smallest absolute Gasteiger partial charge is 0.254 e. The van der Waals surface area contributed by atoms with Crippen molar-refractivity contribution in [1.29, 1.82) is 0 Å². The van der Waals surface area contributed by atoms with Crippen LogP contribution in [0.1, 0.15) is 48.2 Å². The summed E-state index contributed by atoms with van der Waals surface area (Å²) in [4.78, 5) is 14.7. The zero-order valence-electron chi connectivity index (χ0n) is 13.0. The number of aliphatic hydroxyl groups excluding tert-OH is 1. The lowest BCUT2D eigenvalue weighted by atomic mass is 9.93. The van der Waals surface area contributed by atoms with E-state index in [-0.39, 0.29) is 18.6 Å². The summed E-state index contributed by atoms with van der Waals surface area (Å²) in [6, 6.07) is 7.77. The molecule has 1 N–H and O–H groups in total. The topological polar surface area (TPSA) is 53.7 Å². The van der Waals surface area contributed by atoms with Gasteiger partial charge in [0.25, 0.3) is 5.91 Å². The number of carbonyl (C=O) groups excluding carboxylic acids is 1. The highest BCUT2D eigenvalue weighted by atomic mass is 16.3. The van der Waals surface area contributed by atoms with Crippen LogP contribution in [0.3, 0.4) is 0 Å². The number of furan rings is 1. The number of fused-ring (bicyclic) bond motifs is 1. The van der Waals surface area contributed by atoms with Crippen molar-refractivity contribution in [2.24, 2.45) is 0 Å². The lowest BCUT2D eigenvalue weighted by molar-refractivity contribution is 0.0585. The third-order valence-electron chi connectivity index (χ3n) is 4.50. The predicted octanol–water partition coefficient (Wildman–Crippen LogP) is 3.51. The van der Waals surface area contributed by atoms with E-state index in [1.807, 2.05) is 36.1 Å². The molecular formula is C18H23NO3. The van der Waals surface area contributed by atoms with Crippen molar-refractivity contribution in [2.75, 3.05) is 13.2 Å². The van der Waals surface area contributed by atoms with Gasteiger partial charge >= 0.3 is 0 Å². The van der Waals surface area contributed by atoms with Gasteiger partial charge in [0.15, 0.2) is 0 Å². The largest absolute Gasteiger partial charge is 0.461 e. The number of hydrogen-bond acceptors (Lipinski definition) is 3. The normalized spacial score (nSPS) is 16.1. The molecule has 4 heteroatoms. The van der Waals surface area contributed by atoms with Crippen LogP contribution in [0.15, 0.2) is 28.7 Å². The molecule has 1 fully saturated rings. The lowest BCUT2D eigenvalue weighted by Gasteiger charge is -2.34. The van der Waals surface area contributed by atoms with E-state index >= 15 is 0 Å². The van der Waals surface area contributed by atoms with E-state index in [0.29, 0.717) is 12.1 Å². The number of benzene rings is 1. The standard InChI is InChI=1S/C18H23NO3/c1-13-11-15-12-14(7-8-17(15)22-13)18(21)19(9-10-20)16-5-3-2-4-6-16/h7-8,11-12,16,20H,2-6,9-10H2,1H3. The second kappa shape index (κ2) is 6.53. The molecular weight excluding hydrogens is 278 g/mol. The third kappa shape index (κ3) is 3.02. The minimum Gasteiger partial charge on any atom is -0.461 e. The Morgan fingerprint density at radius 1 is 1.27 bits per heavy atom. The van der Waals surface area contributed by atoms with Crippen LogP contribution in [0.4, 0.5) is 0 Å². The Labute approximate surface area is 130 Å². The van der Waals surface area contributed by atoms with Crippen LogP contribution in [0, 0.1) is 6.92 Å². The van der Waals surface area contributed by atoms with Gasteiger partial charge in [0, 0.05) is 23.5 Å². The average Bonchev–Trinajstić information content (AvgIpc) is 2.92. The molecule has 1 saturated carbocycles. The first-order valence-corrected chi connectivity index (χ1v) is 8.11. The van der Waals surface area contributed by atoms with Crippen molar-refractivity contribution in [1.82, 2.24) is 4.90 Å². The van der Waals surface area contributed by atoms with Gasteiger partial charge in [-0.25, -0.2) is 0 Å². The molecule has 0 unspecified atom stereocenters. The number of nitrogens with zero attached hydrogens (tertiary/aromatic N) is 1. The highest BCUT2D eigenvalue weighted by molar-refractivity contribution is 5.98. The first kappa shape index (κ1) is 15.1. The summed E-state index contributed by atoms with van der Waals surface area (Å²) in [6.45, 7) is 2.32. The van der Waals surface area contributed by atoms with E-state index in [2.05, 4.69) is 0 Å². The van der Waals surface area contributed by atoms with Crippen molar-refractivity contribution in [2.45, 2.75) is 45.1 Å². The summed E-state index contributed by atoms with van der Waals surface area (Å²) in [6.07, 6.45) is 5.66. The highest BCUT2D eigenvalue weighted by Crippen LogP contribution is 2.25. The molecule has 0 spiro atoms. The van der Waals surface area contributed by atoms with Crippen molar-refractivity contribution in [3.63, 3.8) is 0 Å². The second-order valence-corrected chi connectivity index (χ2v) is 6.12. The number of rotatable bonds is 4. The molecule has 1 aliphatic rings. The quantitative estimate of drug-likeness (QED) is 0.940. The molecule has 1 heterocycles. The number of aliphatic hydroxyl groups is 1. The van der Waals surface area contributed by atoms with E-state index in [1.54, 1.807) is 0 Å². The molecule has 1 aromatic carbocycles. The van der Waals surface area contributed by atoms with Gasteiger partial charge in [-0.05, 0) is 44.0 Å². The van der Waals surface area contributed by atoms with Crippen LogP contribution in [0.25, 0.3) is 11.0 Å². The van der Waals surface area contributed by atoms with Gasteiger partial charge in [0.1, 0.15) is 11.3 Å². The zero-order valence-corrected chi connectivity index (χ0v) is 13.0. The van der Waals surface area contributed by atoms with E-state index in [1.165, 1.54) is 19.3 Å². The summed E-state index contributed by atoms with van der Waals surface area (Å²) in [5.41, 5.74) is 1.48. The van der Waals surface area contributed by atoms with Crippen molar-refractivity contribution < 1.29 is 14.3 Å². The first-order valence-electron chi connectivity index (χ1n) is 8.11. The maximum Gasteiger partial charge on any atom is 0.254 e. The molecule has 0 atom stereocenters. The molecule has 3 rings (SSSR count). The number of amides is 1. The fraction of sp³-hybridized carbons (Fsp3) is 0.500. The van der Waals surface area contributed by atoms with E-state index < -0.39 is 0 Å². The fourth-order valence-corrected chi connectivity index (χ4v) is 3.43. The van der Waals surface area contributed by atoms with Crippen LogP contribution in [0.2, 0.25) is 0 Å². The predicted molar refractivity (Wildman–Crippen MR) is 85.9 cm³/mol. The number of carbonyl (C=O) groups is 1. The molecule has 1 aliphatic carbocycles. The van der Waals surface area contributed by atoms with Gasteiger partial charge in [-0.15, -0.1) is 0 Å². The van der Waals surface area contributed by atoms with Crippen LogP contribution in [-0.4, -0.2) is 35.1 Å². The molecule has 0 aliphatic heterocycles. The SMILES string of the molecule is Cc1cc2cc(C(=O)N(CCO)C3CCCCC3)ccc2o1. The summed E-state index contributed by atoms with van der Waals surface area (Å²) in [5.74, 6) is 0.862. The summed E-state index contributed by atoms with van der Waals surface area (Å²) in [5, 5.41) is 10.3. The molecule has 2 aromatic rings. The Balaban J connectivity index is 1.86. The lowest BCUT2D eigenvalue weighted by Crippen LogP contribution is -2.43. The molecule has 0 bridgehead atoms. The van der Waals surface area contributed by atoms with Crippen molar-refractivity contribution in [3.8, 4) is 0 Å². The Kier molecular flexibility index (Phi) is 4.48. The van der Waals surface area contributed by atoms with Gasteiger partial charge in [0.05, 0.1) is 6.61 Å². The van der Waals surface area contributed by atoms with Crippen molar-refractivity contribution in [3.05, 3.63) is 35.6 Å². The van der Waals surface area contributed by atoms with Crippen molar-refractivity contribution >= 4 is 16.9 Å². The Hall–Kier alpha value is -1.81. The summed E-state index contributed by atoms with van der Waals surface area (Å²) < 4.78 is 5.56. The molecule has 4 nitrogen and oxygen atoms in total. The van der Waals surface area contributed by atoms with E-state index in [0.717, 1.165) is 29.6 Å². The molecule has 118 valence electrons. The van der Waals surface area contributed by atoms with Gasteiger partial charge in [-0.1, -0.05) is 19.3 Å². The molecule has 1 aromatic heterocycles. The Morgan fingerprint density at radius 3 is 2.77 bits per heavy atom. The summed E-state index contributed by atoms with van der Waals surface area (Å²) >= 11 is 0. The van der Waals surface area contributed by atoms with E-state index in [9.17, 15) is 9.90 Å². The maximum atomic E-state index is 12.9. The number of aryl methyl sites for hydroxylation is 1. The molecule has 1 amide bonds. The average molecular weight is 301 g/mol. The molecule has 22 heavy (non-hydrogen) atoms. The van der Waals surface area contributed by atoms with Gasteiger partial charge in [-0.3, -0.25) is 4.79 Å². The maximum absolute atomic E-state index is 12.9. The van der Waals surface area contributed by atoms with Crippen LogP contribution >= 0.6 is 0 Å². The monoisotopic (exact) mass is 301 g/mol. The fourth-order valence-electron chi connectivity index (χ4n) is 3.43. The van der Waals surface area contributed by atoms with Gasteiger partial charge in [-0.2, -0.15) is 0 Å². The highest BCUT2D eigenvalue weighted by Gasteiger charge is 2.26. The minimum atomic E-state index is 0.00923. The summed E-state index contributed by atoms with van der Waals surface area (Å²) in [7, 11) is 0. The van der Waals surface area contributed by atoms with E-state index in [4.69, 9.17) is 4.42 Å². The van der Waals surface area contributed by atoms with Crippen LogP contribution in [-0.2, 0) is 0 Å². The minimum absolute atomic E-state index is 0.00923. The first-order chi connectivity index (χ1) is 10.7. The zero-order chi connectivity index (χ0) is 15.5. The Morgan fingerprint density at radius 2 is 2.05 bits per heavy atom. The van der Waals surface area contributed by atoms with Gasteiger partial charge in [0.2, 0.25) is 0 Å². The second-order valence-electron chi connectivity index (χ2n) is 6.12. The Bertz CT molecular complexity index is 655. The molecule has 0 saturated heterocycles. The third-order valence-corrected chi connectivity index (χ3v) is 4.50. The van der Waals surface area contributed by atoms with Crippen LogP contribution < -0.4 is 0 Å². The molecule has 0 radical (unpaired) electrons. The van der Waals surface area contributed by atoms with Gasteiger partial charge < -0.3 is 14.4 Å². The number of hydrogen-bond donors (Lipinski definition) is 1. The van der Waals surface area contributed by atoms with Crippen LogP contribution in [0.5, 0.6) is 0 Å².